The van der Waals surface area contributed by atoms with Gasteiger partial charge in [0, 0.05) is 22.5 Å². The number of benzene rings is 2. The van der Waals surface area contributed by atoms with Crippen molar-refractivity contribution >= 4 is 22.8 Å². The van der Waals surface area contributed by atoms with Gasteiger partial charge < -0.3 is 19.1 Å². The molecule has 1 aromatic heterocycles. The number of methoxy groups -OCH3 is 2. The minimum absolute atomic E-state index is 0.166. The SMILES string of the molecule is COC(=O)Cn1c(-c2ccc(O)cc2F)cc2ccc(C(=O)OC)cc21. The first-order valence-electron chi connectivity index (χ1n) is 7.72. The minimum Gasteiger partial charge on any atom is -0.508 e. The summed E-state index contributed by atoms with van der Waals surface area (Å²) >= 11 is 0. The molecule has 0 saturated carbocycles. The van der Waals surface area contributed by atoms with Crippen molar-refractivity contribution in [1.29, 1.82) is 0 Å². The number of carbonyl (C=O) groups excluding carboxylic acids is 2. The fraction of sp³-hybridized carbons (Fsp3) is 0.158. The molecule has 0 unspecified atom stereocenters. The molecule has 6 nitrogen and oxygen atoms in total. The van der Waals surface area contributed by atoms with Gasteiger partial charge >= 0.3 is 11.9 Å². The maximum absolute atomic E-state index is 14.4. The van der Waals surface area contributed by atoms with Crippen LogP contribution in [0.2, 0.25) is 0 Å². The van der Waals surface area contributed by atoms with E-state index >= 15 is 0 Å². The lowest BCUT2D eigenvalue weighted by Gasteiger charge is -2.11. The lowest BCUT2D eigenvalue weighted by atomic mass is 10.1. The summed E-state index contributed by atoms with van der Waals surface area (Å²) in [6.07, 6.45) is 0. The number of phenols is 1. The van der Waals surface area contributed by atoms with Crippen LogP contribution in [0.4, 0.5) is 4.39 Å². The van der Waals surface area contributed by atoms with Crippen LogP contribution in [0.15, 0.2) is 42.5 Å². The molecule has 0 aliphatic heterocycles. The summed E-state index contributed by atoms with van der Waals surface area (Å²) < 4.78 is 25.4. The summed E-state index contributed by atoms with van der Waals surface area (Å²) in [6.45, 7) is -0.166. The third-order valence-corrected chi connectivity index (χ3v) is 4.07. The van der Waals surface area contributed by atoms with Gasteiger partial charge in [-0.05, 0) is 30.3 Å². The van der Waals surface area contributed by atoms with Crippen LogP contribution in [0.3, 0.4) is 0 Å². The minimum atomic E-state index is -0.632. The number of halogens is 1. The van der Waals surface area contributed by atoms with Gasteiger partial charge in [-0.25, -0.2) is 9.18 Å². The zero-order chi connectivity index (χ0) is 18.8. The first kappa shape index (κ1) is 17.5. The van der Waals surface area contributed by atoms with Crippen LogP contribution in [0.25, 0.3) is 22.2 Å². The van der Waals surface area contributed by atoms with Crippen molar-refractivity contribution in [1.82, 2.24) is 4.57 Å². The number of hydrogen-bond donors (Lipinski definition) is 1. The first-order valence-corrected chi connectivity index (χ1v) is 7.72. The quantitative estimate of drug-likeness (QED) is 0.726. The zero-order valence-corrected chi connectivity index (χ0v) is 14.2. The van der Waals surface area contributed by atoms with Crippen LogP contribution in [0.5, 0.6) is 5.75 Å². The highest BCUT2D eigenvalue weighted by Gasteiger charge is 2.18. The summed E-state index contributed by atoms with van der Waals surface area (Å²) in [7, 11) is 2.53. The second-order valence-electron chi connectivity index (χ2n) is 5.62. The average Bonchev–Trinajstić information content (AvgIpc) is 2.98. The van der Waals surface area contributed by atoms with Gasteiger partial charge in [0.1, 0.15) is 18.1 Å². The second kappa shape index (κ2) is 6.87. The molecule has 0 aliphatic rings. The maximum Gasteiger partial charge on any atom is 0.337 e. The van der Waals surface area contributed by atoms with Crippen molar-refractivity contribution in [2.24, 2.45) is 0 Å². The number of carbonyl (C=O) groups is 2. The van der Waals surface area contributed by atoms with Crippen LogP contribution in [-0.4, -0.2) is 35.8 Å². The van der Waals surface area contributed by atoms with Gasteiger partial charge in [-0.1, -0.05) is 6.07 Å². The molecule has 7 heteroatoms. The smallest absolute Gasteiger partial charge is 0.337 e. The van der Waals surface area contributed by atoms with E-state index in [1.54, 1.807) is 28.8 Å². The van der Waals surface area contributed by atoms with E-state index in [2.05, 4.69) is 0 Å². The Morgan fingerprint density at radius 2 is 1.85 bits per heavy atom. The van der Waals surface area contributed by atoms with E-state index in [1.165, 1.54) is 26.4 Å². The molecule has 26 heavy (non-hydrogen) atoms. The van der Waals surface area contributed by atoms with Gasteiger partial charge in [-0.15, -0.1) is 0 Å². The molecule has 1 N–H and O–H groups in total. The molecule has 0 aliphatic carbocycles. The van der Waals surface area contributed by atoms with E-state index < -0.39 is 17.8 Å². The van der Waals surface area contributed by atoms with E-state index in [0.29, 0.717) is 22.2 Å². The standard InChI is InChI=1S/C19H16FNO5/c1-25-18(23)10-21-16-8-12(19(24)26-2)4-3-11(16)7-17(21)14-6-5-13(22)9-15(14)20/h3-9,22H,10H2,1-2H3. The summed E-state index contributed by atoms with van der Waals surface area (Å²) in [6, 6.07) is 10.3. The second-order valence-corrected chi connectivity index (χ2v) is 5.62. The number of aromatic nitrogens is 1. The Labute approximate surface area is 148 Å². The van der Waals surface area contributed by atoms with Gasteiger partial charge in [0.25, 0.3) is 0 Å². The Bertz CT molecular complexity index is 1010. The number of hydrogen-bond acceptors (Lipinski definition) is 5. The molecule has 134 valence electrons. The summed E-state index contributed by atoms with van der Waals surface area (Å²) in [5.41, 5.74) is 1.50. The van der Waals surface area contributed by atoms with Gasteiger partial charge in [0.2, 0.25) is 0 Å². The lowest BCUT2D eigenvalue weighted by Crippen LogP contribution is -2.13. The fourth-order valence-corrected chi connectivity index (χ4v) is 2.80. The van der Waals surface area contributed by atoms with Crippen molar-refractivity contribution in [3.05, 3.63) is 53.8 Å². The van der Waals surface area contributed by atoms with E-state index in [-0.39, 0.29) is 17.9 Å². The molecule has 3 rings (SSSR count). The molecule has 0 bridgehead atoms. The number of phenolic OH excluding ortho intramolecular Hbond substituents is 1. The lowest BCUT2D eigenvalue weighted by molar-refractivity contribution is -0.141. The number of aromatic hydroxyl groups is 1. The molecule has 0 amide bonds. The van der Waals surface area contributed by atoms with Crippen LogP contribution in [0, 0.1) is 5.82 Å². The van der Waals surface area contributed by atoms with Crippen molar-refractivity contribution in [3.63, 3.8) is 0 Å². The van der Waals surface area contributed by atoms with E-state index in [0.717, 1.165) is 6.07 Å². The predicted octanol–water partition coefficient (Wildman–Crippen LogP) is 3.11. The summed E-state index contributed by atoms with van der Waals surface area (Å²) in [5.74, 6) is -1.87. The van der Waals surface area contributed by atoms with Crippen molar-refractivity contribution in [2.45, 2.75) is 6.54 Å². The van der Waals surface area contributed by atoms with Gasteiger partial charge in [0.15, 0.2) is 0 Å². The van der Waals surface area contributed by atoms with E-state index in [4.69, 9.17) is 9.47 Å². The van der Waals surface area contributed by atoms with Crippen LogP contribution >= 0.6 is 0 Å². The Morgan fingerprint density at radius 3 is 2.50 bits per heavy atom. The Morgan fingerprint density at radius 1 is 1.08 bits per heavy atom. The number of rotatable bonds is 4. The molecule has 0 atom stereocenters. The van der Waals surface area contributed by atoms with Gasteiger partial charge in [0.05, 0.1) is 25.5 Å². The predicted molar refractivity (Wildman–Crippen MR) is 92.4 cm³/mol. The number of fused-ring (bicyclic) bond motifs is 1. The van der Waals surface area contributed by atoms with Crippen molar-refractivity contribution in [2.75, 3.05) is 14.2 Å². The molecule has 0 fully saturated rings. The van der Waals surface area contributed by atoms with Crippen LogP contribution in [-0.2, 0) is 20.8 Å². The highest BCUT2D eigenvalue weighted by atomic mass is 19.1. The van der Waals surface area contributed by atoms with Crippen LogP contribution in [0.1, 0.15) is 10.4 Å². The highest BCUT2D eigenvalue weighted by Crippen LogP contribution is 2.32. The monoisotopic (exact) mass is 357 g/mol. The molecule has 0 radical (unpaired) electrons. The van der Waals surface area contributed by atoms with E-state index in [1.807, 2.05) is 0 Å². The van der Waals surface area contributed by atoms with Crippen LogP contribution < -0.4 is 0 Å². The number of esters is 2. The van der Waals surface area contributed by atoms with Gasteiger partial charge in [-0.2, -0.15) is 0 Å². The third kappa shape index (κ3) is 3.11. The molecular weight excluding hydrogens is 341 g/mol. The highest BCUT2D eigenvalue weighted by molar-refractivity contribution is 5.96. The molecule has 2 aromatic carbocycles. The topological polar surface area (TPSA) is 77.8 Å². The largest absolute Gasteiger partial charge is 0.508 e. The molecule has 1 heterocycles. The third-order valence-electron chi connectivity index (χ3n) is 4.07. The van der Waals surface area contributed by atoms with Gasteiger partial charge in [-0.3, -0.25) is 4.79 Å². The molecule has 0 saturated heterocycles. The Balaban J connectivity index is 2.25. The summed E-state index contributed by atoms with van der Waals surface area (Å²) in [5, 5.41) is 10.1. The van der Waals surface area contributed by atoms with E-state index in [9.17, 15) is 19.1 Å². The zero-order valence-electron chi connectivity index (χ0n) is 14.2. The Hall–Kier alpha value is -3.35. The van der Waals surface area contributed by atoms with Crippen molar-refractivity contribution in [3.8, 4) is 17.0 Å². The Kier molecular flexibility index (Phi) is 4.62. The number of nitrogens with zero attached hydrogens (tertiary/aromatic N) is 1. The first-order chi connectivity index (χ1) is 12.4. The molecular formula is C19H16FNO5. The summed E-state index contributed by atoms with van der Waals surface area (Å²) in [4.78, 5) is 23.7. The molecule has 0 spiro atoms. The molecule has 3 aromatic rings. The maximum atomic E-state index is 14.4. The van der Waals surface area contributed by atoms with Crippen molar-refractivity contribution < 1.29 is 28.6 Å². The normalized spacial score (nSPS) is 10.7. The average molecular weight is 357 g/mol. The fourth-order valence-electron chi connectivity index (χ4n) is 2.80. The number of ether oxygens (including phenoxy) is 2.